The fourth-order valence-electron chi connectivity index (χ4n) is 2.51. The molecule has 0 spiro atoms. The van der Waals surface area contributed by atoms with Gasteiger partial charge in [0.25, 0.3) is 0 Å². The second-order valence-electron chi connectivity index (χ2n) is 4.82. The number of fused-ring (bicyclic) bond motifs is 1. The third-order valence-corrected chi connectivity index (χ3v) is 3.64. The van der Waals surface area contributed by atoms with Gasteiger partial charge in [-0.3, -0.25) is 14.9 Å². The molecular weight excluding hydrogens is 278 g/mol. The smallest absolute Gasteiger partial charge is 0.300 e. The molecule has 0 saturated carbocycles. The topological polar surface area (TPSA) is 106 Å². The fourth-order valence-corrected chi connectivity index (χ4v) is 2.51. The molecule has 2 heterocycles. The summed E-state index contributed by atoms with van der Waals surface area (Å²) in [5.41, 5.74) is 1.13. The van der Waals surface area contributed by atoms with Crippen molar-refractivity contribution in [1.82, 2.24) is 15.2 Å². The predicted molar refractivity (Wildman–Crippen MR) is 72.9 cm³/mol. The number of amides is 1. The number of benzene rings is 1. The largest absolute Gasteiger partial charge is 0.366 e. The Bertz CT molecular complexity index is 705. The van der Waals surface area contributed by atoms with Gasteiger partial charge in [-0.25, -0.2) is 4.63 Å². The number of carbonyl (C=O) groups is 1. The Hall–Kier alpha value is -2.71. The van der Waals surface area contributed by atoms with E-state index in [4.69, 9.17) is 0 Å². The summed E-state index contributed by atoms with van der Waals surface area (Å²) >= 11 is 0. The highest BCUT2D eigenvalue weighted by Gasteiger charge is 2.25. The summed E-state index contributed by atoms with van der Waals surface area (Å²) in [7, 11) is 0. The maximum atomic E-state index is 11.3. The van der Waals surface area contributed by atoms with Gasteiger partial charge in [-0.15, -0.1) is 0 Å². The van der Waals surface area contributed by atoms with Crippen molar-refractivity contribution in [3.8, 4) is 0 Å². The Morgan fingerprint density at radius 1 is 1.24 bits per heavy atom. The number of piperazine rings is 1. The van der Waals surface area contributed by atoms with E-state index in [2.05, 4.69) is 14.9 Å². The highest BCUT2D eigenvalue weighted by molar-refractivity contribution is 5.93. The highest BCUT2D eigenvalue weighted by Crippen LogP contribution is 2.31. The molecule has 0 bridgehead atoms. The first kappa shape index (κ1) is 13.3. The van der Waals surface area contributed by atoms with Crippen LogP contribution in [-0.4, -0.2) is 52.2 Å². The molecule has 2 aromatic rings. The minimum absolute atomic E-state index is 0.0478. The lowest BCUT2D eigenvalue weighted by Crippen LogP contribution is -2.48. The molecule has 3 rings (SSSR count). The van der Waals surface area contributed by atoms with Crippen LogP contribution in [0.2, 0.25) is 0 Å². The highest BCUT2D eigenvalue weighted by atomic mass is 16.6. The predicted octanol–water partition coefficient (Wildman–Crippen LogP) is 0.799. The third kappa shape index (κ3) is 2.26. The van der Waals surface area contributed by atoms with E-state index in [0.717, 1.165) is 5.69 Å². The maximum absolute atomic E-state index is 11.3. The second kappa shape index (κ2) is 5.00. The van der Waals surface area contributed by atoms with Crippen molar-refractivity contribution >= 4 is 28.3 Å². The lowest BCUT2D eigenvalue weighted by Gasteiger charge is -2.35. The first-order valence-electron chi connectivity index (χ1n) is 6.48. The first-order valence-corrected chi connectivity index (χ1v) is 6.48. The van der Waals surface area contributed by atoms with Crippen LogP contribution in [-0.2, 0) is 4.79 Å². The maximum Gasteiger partial charge on any atom is 0.300 e. The number of nitro groups is 1. The number of hydrogen-bond donors (Lipinski definition) is 0. The van der Waals surface area contributed by atoms with E-state index in [1.807, 2.05) is 4.90 Å². The van der Waals surface area contributed by atoms with E-state index < -0.39 is 4.92 Å². The molecule has 1 aromatic carbocycles. The normalized spacial score (nSPS) is 15.5. The van der Waals surface area contributed by atoms with Gasteiger partial charge in [0.1, 0.15) is 0 Å². The molecular formula is C12H13N5O4. The Morgan fingerprint density at radius 3 is 2.52 bits per heavy atom. The molecule has 1 aromatic heterocycles. The molecule has 0 atom stereocenters. The number of nitrogens with zero attached hydrogens (tertiary/aromatic N) is 5. The van der Waals surface area contributed by atoms with Gasteiger partial charge in [0, 0.05) is 39.2 Å². The Balaban J connectivity index is 1.92. The van der Waals surface area contributed by atoms with Gasteiger partial charge < -0.3 is 9.80 Å². The Labute approximate surface area is 119 Å². The Morgan fingerprint density at radius 2 is 1.90 bits per heavy atom. The van der Waals surface area contributed by atoms with E-state index in [0.29, 0.717) is 31.7 Å². The molecule has 110 valence electrons. The summed E-state index contributed by atoms with van der Waals surface area (Å²) in [5, 5.41) is 18.4. The fraction of sp³-hybridized carbons (Fsp3) is 0.417. The molecule has 1 amide bonds. The summed E-state index contributed by atoms with van der Waals surface area (Å²) < 4.78 is 4.65. The number of non-ortho nitro benzene ring substituents is 1. The molecule has 1 aliphatic heterocycles. The summed E-state index contributed by atoms with van der Waals surface area (Å²) in [6.45, 7) is 4.04. The first-order chi connectivity index (χ1) is 10.1. The SMILES string of the molecule is CC(=O)N1CCN(c2ccc([N+](=O)[O-])c3nonc23)CC1. The lowest BCUT2D eigenvalue weighted by molar-refractivity contribution is -0.383. The minimum Gasteiger partial charge on any atom is -0.366 e. The lowest BCUT2D eigenvalue weighted by atomic mass is 10.2. The standard InChI is InChI=1S/C12H13N5O4/c1-8(18)15-4-6-16(7-5-15)9-2-3-10(17(19)20)12-11(9)13-21-14-12/h2-3H,4-7H2,1H3. The molecule has 9 heteroatoms. The van der Waals surface area contributed by atoms with Crippen LogP contribution in [0.25, 0.3) is 11.0 Å². The number of carbonyl (C=O) groups excluding carboxylic acids is 1. The molecule has 0 unspecified atom stereocenters. The van der Waals surface area contributed by atoms with Crippen molar-refractivity contribution in [2.75, 3.05) is 31.1 Å². The third-order valence-electron chi connectivity index (χ3n) is 3.64. The van der Waals surface area contributed by atoms with Crippen molar-refractivity contribution in [1.29, 1.82) is 0 Å². The number of aromatic nitrogens is 2. The van der Waals surface area contributed by atoms with E-state index in [1.54, 1.807) is 17.9 Å². The van der Waals surface area contributed by atoms with Crippen molar-refractivity contribution in [2.45, 2.75) is 6.92 Å². The van der Waals surface area contributed by atoms with Crippen LogP contribution in [0.3, 0.4) is 0 Å². The molecule has 1 saturated heterocycles. The van der Waals surface area contributed by atoms with E-state index in [-0.39, 0.29) is 17.1 Å². The van der Waals surface area contributed by atoms with Crippen LogP contribution >= 0.6 is 0 Å². The minimum atomic E-state index is -0.510. The summed E-state index contributed by atoms with van der Waals surface area (Å²) in [6, 6.07) is 3.05. The zero-order valence-electron chi connectivity index (χ0n) is 11.4. The van der Waals surface area contributed by atoms with Crippen molar-refractivity contribution in [2.24, 2.45) is 0 Å². The van der Waals surface area contributed by atoms with Gasteiger partial charge in [-0.2, -0.15) is 0 Å². The molecule has 1 aliphatic rings. The average molecular weight is 291 g/mol. The number of nitro benzene ring substituents is 1. The molecule has 1 fully saturated rings. The van der Waals surface area contributed by atoms with Gasteiger partial charge in [-0.05, 0) is 16.4 Å². The quantitative estimate of drug-likeness (QED) is 0.595. The number of rotatable bonds is 2. The number of hydrogen-bond acceptors (Lipinski definition) is 7. The average Bonchev–Trinajstić information content (AvgIpc) is 2.95. The van der Waals surface area contributed by atoms with Crippen molar-refractivity contribution in [3.63, 3.8) is 0 Å². The van der Waals surface area contributed by atoms with Crippen LogP contribution < -0.4 is 4.90 Å². The molecule has 0 radical (unpaired) electrons. The van der Waals surface area contributed by atoms with Crippen LogP contribution in [0.1, 0.15) is 6.92 Å². The van der Waals surface area contributed by atoms with Crippen molar-refractivity contribution < 1.29 is 14.3 Å². The monoisotopic (exact) mass is 291 g/mol. The van der Waals surface area contributed by atoms with Crippen LogP contribution in [0.5, 0.6) is 0 Å². The van der Waals surface area contributed by atoms with Crippen molar-refractivity contribution in [3.05, 3.63) is 22.2 Å². The summed E-state index contributed by atoms with van der Waals surface area (Å²) in [6.07, 6.45) is 0. The Kier molecular flexibility index (Phi) is 3.16. The summed E-state index contributed by atoms with van der Waals surface area (Å²) in [4.78, 5) is 25.6. The van der Waals surface area contributed by atoms with E-state index >= 15 is 0 Å². The zero-order valence-corrected chi connectivity index (χ0v) is 11.4. The second-order valence-corrected chi connectivity index (χ2v) is 4.82. The van der Waals surface area contributed by atoms with Gasteiger partial charge in [-0.1, -0.05) is 0 Å². The van der Waals surface area contributed by atoms with Gasteiger partial charge in [0.2, 0.25) is 11.4 Å². The molecule has 0 N–H and O–H groups in total. The number of anilines is 1. The molecule has 0 aliphatic carbocycles. The molecule has 9 nitrogen and oxygen atoms in total. The van der Waals surface area contributed by atoms with Crippen LogP contribution in [0.4, 0.5) is 11.4 Å². The zero-order chi connectivity index (χ0) is 15.0. The van der Waals surface area contributed by atoms with Gasteiger partial charge >= 0.3 is 5.69 Å². The van der Waals surface area contributed by atoms with Crippen LogP contribution in [0, 0.1) is 10.1 Å². The van der Waals surface area contributed by atoms with E-state index in [9.17, 15) is 14.9 Å². The summed E-state index contributed by atoms with van der Waals surface area (Å²) in [5.74, 6) is 0.0478. The van der Waals surface area contributed by atoms with Crippen LogP contribution in [0.15, 0.2) is 16.8 Å². The van der Waals surface area contributed by atoms with E-state index in [1.165, 1.54) is 6.07 Å². The molecule has 21 heavy (non-hydrogen) atoms. The van der Waals surface area contributed by atoms with Gasteiger partial charge in [0.15, 0.2) is 5.52 Å². The van der Waals surface area contributed by atoms with Gasteiger partial charge in [0.05, 0.1) is 10.6 Å².